The molecule has 0 bridgehead atoms. The molecule has 2 aromatic carbocycles. The van der Waals surface area contributed by atoms with Crippen molar-refractivity contribution >= 4 is 16.8 Å². The van der Waals surface area contributed by atoms with Gasteiger partial charge in [0.1, 0.15) is 0 Å². The van der Waals surface area contributed by atoms with Gasteiger partial charge in [0.25, 0.3) is 5.91 Å². The van der Waals surface area contributed by atoms with Gasteiger partial charge in [-0.25, -0.2) is 0 Å². The van der Waals surface area contributed by atoms with Crippen molar-refractivity contribution in [2.75, 3.05) is 20.3 Å². The maximum Gasteiger partial charge on any atom is 0.251 e. The van der Waals surface area contributed by atoms with Crippen LogP contribution in [0.2, 0.25) is 0 Å². The molecule has 3 aromatic rings. The van der Waals surface area contributed by atoms with Crippen molar-refractivity contribution in [2.45, 2.75) is 20.3 Å². The number of H-pyrrole nitrogens is 1. The molecule has 1 amide bonds. The first-order valence-corrected chi connectivity index (χ1v) is 9.22. The Labute approximate surface area is 159 Å². The van der Waals surface area contributed by atoms with Crippen LogP contribution >= 0.6 is 0 Å². The second-order valence-electron chi connectivity index (χ2n) is 6.94. The quantitative estimate of drug-likeness (QED) is 0.628. The summed E-state index contributed by atoms with van der Waals surface area (Å²) >= 11 is 0. The summed E-state index contributed by atoms with van der Waals surface area (Å²) in [6, 6.07) is 13.4. The predicted octanol–water partition coefficient (Wildman–Crippen LogP) is 4.18. The van der Waals surface area contributed by atoms with E-state index in [1.807, 2.05) is 24.4 Å². The Bertz CT molecular complexity index is 915. The highest BCUT2D eigenvalue weighted by Crippen LogP contribution is 2.28. The number of aromatic nitrogens is 1. The van der Waals surface area contributed by atoms with E-state index in [-0.39, 0.29) is 5.91 Å². The number of rotatable bonds is 8. The van der Waals surface area contributed by atoms with Crippen LogP contribution in [0, 0.1) is 5.92 Å². The van der Waals surface area contributed by atoms with E-state index >= 15 is 0 Å². The average molecular weight is 366 g/mol. The molecule has 0 radical (unpaired) electrons. The number of benzene rings is 2. The number of carbonyl (C=O) groups excluding carboxylic acids is 1. The maximum atomic E-state index is 12.5. The molecule has 0 aliphatic heterocycles. The predicted molar refractivity (Wildman–Crippen MR) is 108 cm³/mol. The third kappa shape index (κ3) is 4.61. The zero-order chi connectivity index (χ0) is 19.2. The van der Waals surface area contributed by atoms with Gasteiger partial charge in [-0.15, -0.1) is 0 Å². The van der Waals surface area contributed by atoms with E-state index < -0.39 is 0 Å². The molecule has 1 heterocycles. The number of aromatic amines is 1. The summed E-state index contributed by atoms with van der Waals surface area (Å²) in [4.78, 5) is 15.7. The summed E-state index contributed by atoms with van der Waals surface area (Å²) in [5.74, 6) is 1.52. The van der Waals surface area contributed by atoms with Crippen molar-refractivity contribution in [1.82, 2.24) is 10.3 Å². The lowest BCUT2D eigenvalue weighted by molar-refractivity contribution is 0.0953. The van der Waals surface area contributed by atoms with Crippen molar-refractivity contribution in [1.29, 1.82) is 0 Å². The van der Waals surface area contributed by atoms with E-state index in [0.29, 0.717) is 36.1 Å². The molecule has 0 unspecified atom stereocenters. The van der Waals surface area contributed by atoms with Crippen molar-refractivity contribution < 1.29 is 14.3 Å². The van der Waals surface area contributed by atoms with Gasteiger partial charge in [0.05, 0.1) is 13.7 Å². The van der Waals surface area contributed by atoms with E-state index in [2.05, 4.69) is 30.2 Å². The number of hydrogen-bond donors (Lipinski definition) is 2. The van der Waals surface area contributed by atoms with E-state index in [0.717, 1.165) is 11.9 Å². The number of carbonyl (C=O) groups is 1. The van der Waals surface area contributed by atoms with Crippen molar-refractivity contribution in [2.24, 2.45) is 5.92 Å². The van der Waals surface area contributed by atoms with Crippen LogP contribution < -0.4 is 14.8 Å². The molecule has 0 atom stereocenters. The Morgan fingerprint density at radius 3 is 2.74 bits per heavy atom. The summed E-state index contributed by atoms with van der Waals surface area (Å²) in [7, 11) is 1.58. The van der Waals surface area contributed by atoms with E-state index in [4.69, 9.17) is 9.47 Å². The highest BCUT2D eigenvalue weighted by Gasteiger charge is 2.12. The number of methoxy groups -OCH3 is 1. The Hall–Kier alpha value is -2.95. The third-order valence-electron chi connectivity index (χ3n) is 4.35. The smallest absolute Gasteiger partial charge is 0.251 e. The molecule has 142 valence electrons. The standard InChI is InChI=1S/C22H26N2O3/c1-15(2)14-27-20-9-8-16(12-21(20)26-3)22(25)23-11-10-17-13-24-19-7-5-4-6-18(17)19/h4-9,12-13,15,24H,10-11,14H2,1-3H3,(H,23,25). The molecule has 27 heavy (non-hydrogen) atoms. The molecule has 0 saturated carbocycles. The number of ether oxygens (including phenoxy) is 2. The van der Waals surface area contributed by atoms with Gasteiger partial charge >= 0.3 is 0 Å². The van der Waals surface area contributed by atoms with Crippen molar-refractivity contribution in [3.8, 4) is 11.5 Å². The summed E-state index contributed by atoms with van der Waals surface area (Å²) in [6.45, 7) is 5.34. The molecule has 2 N–H and O–H groups in total. The van der Waals surface area contributed by atoms with Crippen LogP contribution in [0.5, 0.6) is 11.5 Å². The number of fused-ring (bicyclic) bond motifs is 1. The number of para-hydroxylation sites is 1. The van der Waals surface area contributed by atoms with Crippen LogP contribution in [0.4, 0.5) is 0 Å². The van der Waals surface area contributed by atoms with Gasteiger partial charge in [-0.05, 0) is 42.2 Å². The van der Waals surface area contributed by atoms with E-state index in [1.165, 1.54) is 10.9 Å². The number of nitrogens with one attached hydrogen (secondary N) is 2. The SMILES string of the molecule is COc1cc(C(=O)NCCc2c[nH]c3ccccc23)ccc1OCC(C)C. The van der Waals surface area contributed by atoms with Crippen LogP contribution in [0.3, 0.4) is 0 Å². The van der Waals surface area contributed by atoms with E-state index in [9.17, 15) is 4.79 Å². The Morgan fingerprint density at radius 2 is 1.96 bits per heavy atom. The van der Waals surface area contributed by atoms with Crippen LogP contribution in [-0.4, -0.2) is 31.2 Å². The summed E-state index contributed by atoms with van der Waals surface area (Å²) in [5.41, 5.74) is 2.86. The Balaban J connectivity index is 1.60. The fraction of sp³-hybridized carbons (Fsp3) is 0.318. The topological polar surface area (TPSA) is 63.3 Å². The largest absolute Gasteiger partial charge is 0.493 e. The summed E-state index contributed by atoms with van der Waals surface area (Å²) in [6.07, 6.45) is 2.77. The molecule has 5 heteroatoms. The van der Waals surface area contributed by atoms with Gasteiger partial charge in [-0.2, -0.15) is 0 Å². The van der Waals surface area contributed by atoms with Gasteiger partial charge in [0, 0.05) is 29.2 Å². The Morgan fingerprint density at radius 1 is 1.15 bits per heavy atom. The molecular weight excluding hydrogens is 340 g/mol. The third-order valence-corrected chi connectivity index (χ3v) is 4.35. The minimum atomic E-state index is -0.122. The maximum absolute atomic E-state index is 12.5. The van der Waals surface area contributed by atoms with Crippen LogP contribution in [0.1, 0.15) is 29.8 Å². The zero-order valence-electron chi connectivity index (χ0n) is 16.0. The zero-order valence-corrected chi connectivity index (χ0v) is 16.0. The average Bonchev–Trinajstić information content (AvgIpc) is 3.09. The molecule has 5 nitrogen and oxygen atoms in total. The lowest BCUT2D eigenvalue weighted by Crippen LogP contribution is -2.25. The van der Waals surface area contributed by atoms with Gasteiger partial charge in [-0.3, -0.25) is 4.79 Å². The second kappa shape index (κ2) is 8.62. The van der Waals surface area contributed by atoms with Crippen molar-refractivity contribution in [3.63, 3.8) is 0 Å². The van der Waals surface area contributed by atoms with Crippen molar-refractivity contribution in [3.05, 3.63) is 59.8 Å². The van der Waals surface area contributed by atoms with Crippen LogP contribution in [-0.2, 0) is 6.42 Å². The van der Waals surface area contributed by atoms with Gasteiger partial charge < -0.3 is 19.8 Å². The molecule has 0 aliphatic rings. The van der Waals surface area contributed by atoms with Crippen LogP contribution in [0.15, 0.2) is 48.7 Å². The van der Waals surface area contributed by atoms with Crippen LogP contribution in [0.25, 0.3) is 10.9 Å². The molecule has 0 saturated heterocycles. The van der Waals surface area contributed by atoms with Gasteiger partial charge in [0.2, 0.25) is 0 Å². The van der Waals surface area contributed by atoms with E-state index in [1.54, 1.807) is 25.3 Å². The highest BCUT2D eigenvalue weighted by molar-refractivity contribution is 5.95. The van der Waals surface area contributed by atoms with Gasteiger partial charge in [-0.1, -0.05) is 32.0 Å². The first-order chi connectivity index (χ1) is 13.1. The Kier molecular flexibility index (Phi) is 6.01. The summed E-state index contributed by atoms with van der Waals surface area (Å²) in [5, 5.41) is 4.17. The lowest BCUT2D eigenvalue weighted by atomic mass is 10.1. The molecule has 0 spiro atoms. The number of hydrogen-bond acceptors (Lipinski definition) is 3. The lowest BCUT2D eigenvalue weighted by Gasteiger charge is -2.13. The normalized spacial score (nSPS) is 11.0. The first kappa shape index (κ1) is 18.8. The first-order valence-electron chi connectivity index (χ1n) is 9.22. The second-order valence-corrected chi connectivity index (χ2v) is 6.94. The minimum Gasteiger partial charge on any atom is -0.493 e. The fourth-order valence-electron chi connectivity index (χ4n) is 2.94. The van der Waals surface area contributed by atoms with Gasteiger partial charge in [0.15, 0.2) is 11.5 Å². The number of amides is 1. The summed E-state index contributed by atoms with van der Waals surface area (Å²) < 4.78 is 11.1. The molecule has 3 rings (SSSR count). The highest BCUT2D eigenvalue weighted by atomic mass is 16.5. The minimum absolute atomic E-state index is 0.122. The molecule has 0 aliphatic carbocycles. The molecular formula is C22H26N2O3. The molecule has 1 aromatic heterocycles. The fourth-order valence-corrected chi connectivity index (χ4v) is 2.94. The monoisotopic (exact) mass is 366 g/mol. The molecule has 0 fully saturated rings.